The van der Waals surface area contributed by atoms with E-state index in [1.165, 1.54) is 25.1 Å². The van der Waals surface area contributed by atoms with Crippen LogP contribution in [0.3, 0.4) is 0 Å². The summed E-state index contributed by atoms with van der Waals surface area (Å²) in [7, 11) is 0. The maximum Gasteiger partial charge on any atom is 0.318 e. The number of Topliss-reactive ketones (excluding diaryl/α,β-unsaturated/α-hetero) is 3. The molecule has 10 heteroatoms. The van der Waals surface area contributed by atoms with Gasteiger partial charge in [0.05, 0.1) is 5.56 Å². The Morgan fingerprint density at radius 1 is 1.10 bits per heavy atom. The molecule has 1 saturated heterocycles. The predicted molar refractivity (Wildman–Crippen MR) is 96.0 cm³/mol. The lowest BCUT2D eigenvalue weighted by molar-refractivity contribution is -0.149. The molecule has 5 N–H and O–H groups in total. The van der Waals surface area contributed by atoms with E-state index in [9.17, 15) is 39.3 Å². The highest BCUT2D eigenvalue weighted by atomic mass is 16.6. The summed E-state index contributed by atoms with van der Waals surface area (Å²) in [5.41, 5.74) is 2.06. The third kappa shape index (κ3) is 2.27. The highest BCUT2D eigenvalue weighted by Gasteiger charge is 2.62. The molecule has 0 aromatic heterocycles. The van der Waals surface area contributed by atoms with E-state index in [2.05, 4.69) is 0 Å². The van der Waals surface area contributed by atoms with Crippen LogP contribution in [-0.4, -0.2) is 44.5 Å². The van der Waals surface area contributed by atoms with Gasteiger partial charge in [0.25, 0.3) is 5.91 Å². The molecular weight excluding hydrogens is 398 g/mol. The first kappa shape index (κ1) is 19.4. The molecule has 0 radical (unpaired) electrons. The van der Waals surface area contributed by atoms with E-state index < -0.39 is 75.7 Å². The molecule has 2 bridgehead atoms. The number of nitrogens with two attached hydrogens (primary N) is 1. The van der Waals surface area contributed by atoms with E-state index >= 15 is 0 Å². The van der Waals surface area contributed by atoms with E-state index in [4.69, 9.17) is 10.5 Å². The summed E-state index contributed by atoms with van der Waals surface area (Å²) in [5, 5.41) is 30.3. The van der Waals surface area contributed by atoms with Gasteiger partial charge in [-0.1, -0.05) is 12.1 Å². The average molecular weight is 413 g/mol. The van der Waals surface area contributed by atoms with Crippen LogP contribution >= 0.6 is 0 Å². The Bertz CT molecular complexity index is 1160. The summed E-state index contributed by atoms with van der Waals surface area (Å²) in [6, 6.07) is 4.23. The summed E-state index contributed by atoms with van der Waals surface area (Å²) >= 11 is 0. The number of primary amides is 1. The summed E-state index contributed by atoms with van der Waals surface area (Å²) in [5.74, 6) is -10.6. The van der Waals surface area contributed by atoms with Crippen LogP contribution in [0.25, 0.3) is 0 Å². The number of aliphatic hydroxyl groups is 2. The number of aliphatic hydroxyl groups excluding tert-OH is 2. The zero-order valence-corrected chi connectivity index (χ0v) is 15.5. The first-order valence-corrected chi connectivity index (χ1v) is 8.84. The topological polar surface area (TPSA) is 181 Å². The fraction of sp³-hybridized carbons (Fsp3) is 0.250. The smallest absolute Gasteiger partial charge is 0.318 e. The Labute approximate surface area is 168 Å². The lowest BCUT2D eigenvalue weighted by Crippen LogP contribution is -2.41. The minimum absolute atomic E-state index is 0.0740. The Balaban J connectivity index is 1.83. The van der Waals surface area contributed by atoms with Crippen molar-refractivity contribution in [3.8, 4) is 5.75 Å². The average Bonchev–Trinajstić information content (AvgIpc) is 2.88. The minimum Gasteiger partial charge on any atom is -0.507 e. The van der Waals surface area contributed by atoms with E-state index in [1.54, 1.807) is 0 Å². The Morgan fingerprint density at radius 2 is 1.77 bits per heavy atom. The summed E-state index contributed by atoms with van der Waals surface area (Å²) in [4.78, 5) is 61.5. The van der Waals surface area contributed by atoms with Crippen LogP contribution in [0, 0.1) is 11.8 Å². The van der Waals surface area contributed by atoms with E-state index in [-0.39, 0.29) is 16.9 Å². The second-order valence-electron chi connectivity index (χ2n) is 7.45. The van der Waals surface area contributed by atoms with Crippen molar-refractivity contribution in [1.82, 2.24) is 0 Å². The normalized spacial score (nSPS) is 28.0. The zero-order valence-electron chi connectivity index (χ0n) is 15.5. The summed E-state index contributed by atoms with van der Waals surface area (Å²) < 4.78 is 5.44. The van der Waals surface area contributed by atoms with Gasteiger partial charge in [-0.3, -0.25) is 24.0 Å². The number of esters is 1. The monoisotopic (exact) mass is 413 g/mol. The standard InChI is InChI=1S/C20H15NO9/c1-20-7-3-2-4-9(22)10(7)15(25)11(19(29)30-20)8(20)5-6-13(23)16(26)12(18(21)28)17(27)14(6)24/h2-4,8,11,22-23,27H,5H2,1H3,(H2,21,28)/t8-,11+,20+/m0/s1. The second kappa shape index (κ2) is 6.02. The molecule has 3 aliphatic rings. The number of phenols is 1. The van der Waals surface area contributed by atoms with Gasteiger partial charge in [-0.05, 0) is 19.4 Å². The molecule has 0 unspecified atom stereocenters. The number of amides is 1. The van der Waals surface area contributed by atoms with Crippen LogP contribution in [0.1, 0.15) is 29.3 Å². The van der Waals surface area contributed by atoms with Gasteiger partial charge in [0.2, 0.25) is 11.6 Å². The molecule has 3 atom stereocenters. The van der Waals surface area contributed by atoms with Crippen molar-refractivity contribution in [2.75, 3.05) is 0 Å². The molecule has 1 heterocycles. The molecule has 154 valence electrons. The molecule has 2 aliphatic carbocycles. The third-order valence-electron chi connectivity index (χ3n) is 5.91. The van der Waals surface area contributed by atoms with Crippen LogP contribution < -0.4 is 5.73 Å². The third-order valence-corrected chi connectivity index (χ3v) is 5.91. The van der Waals surface area contributed by atoms with Crippen LogP contribution in [0.4, 0.5) is 0 Å². The predicted octanol–water partition coefficient (Wildman–Crippen LogP) is 0.244. The SMILES string of the molecule is C[C@@]12OC(=O)[C@@H](C(=O)c3c(O)cccc31)[C@@H]2CC1=C(O)C(=O)C(C(N)=O)=C(O)C1=O. The van der Waals surface area contributed by atoms with Crippen LogP contribution in [0.5, 0.6) is 5.75 Å². The zero-order chi connectivity index (χ0) is 22.1. The molecule has 4 rings (SSSR count). The molecule has 1 aromatic rings. The lowest BCUT2D eigenvalue weighted by atomic mass is 9.65. The number of fused-ring (bicyclic) bond motifs is 4. The molecule has 1 aliphatic heterocycles. The Kier molecular flexibility index (Phi) is 3.89. The number of ether oxygens (including phenoxy) is 1. The molecule has 0 saturated carbocycles. The van der Waals surface area contributed by atoms with Gasteiger partial charge in [0.1, 0.15) is 22.8 Å². The van der Waals surface area contributed by atoms with Crippen molar-refractivity contribution in [2.45, 2.75) is 18.9 Å². The molecule has 10 nitrogen and oxygen atoms in total. The quantitative estimate of drug-likeness (QED) is 0.233. The molecular formula is C20H15NO9. The number of allylic oxidation sites excluding steroid dienone is 2. The largest absolute Gasteiger partial charge is 0.507 e. The first-order chi connectivity index (χ1) is 14.0. The van der Waals surface area contributed by atoms with E-state index in [0.717, 1.165) is 0 Å². The minimum atomic E-state index is -1.45. The summed E-state index contributed by atoms with van der Waals surface area (Å²) in [6.45, 7) is 1.48. The van der Waals surface area contributed by atoms with Crippen molar-refractivity contribution in [1.29, 1.82) is 0 Å². The number of carbonyl (C=O) groups is 5. The van der Waals surface area contributed by atoms with Gasteiger partial charge in [0.15, 0.2) is 17.3 Å². The van der Waals surface area contributed by atoms with Crippen molar-refractivity contribution in [2.24, 2.45) is 17.6 Å². The van der Waals surface area contributed by atoms with Crippen LogP contribution in [0.15, 0.2) is 40.9 Å². The van der Waals surface area contributed by atoms with Crippen molar-refractivity contribution in [3.63, 3.8) is 0 Å². The summed E-state index contributed by atoms with van der Waals surface area (Å²) in [6.07, 6.45) is -0.486. The van der Waals surface area contributed by atoms with E-state index in [1.807, 2.05) is 0 Å². The number of hydrogen-bond donors (Lipinski definition) is 4. The van der Waals surface area contributed by atoms with Gasteiger partial charge in [-0.2, -0.15) is 0 Å². The fourth-order valence-electron chi connectivity index (χ4n) is 4.42. The molecule has 30 heavy (non-hydrogen) atoms. The Hall–Kier alpha value is -3.95. The van der Waals surface area contributed by atoms with Crippen molar-refractivity contribution in [3.05, 3.63) is 52.0 Å². The maximum atomic E-state index is 12.9. The number of benzene rings is 1. The van der Waals surface area contributed by atoms with E-state index in [0.29, 0.717) is 0 Å². The van der Waals surface area contributed by atoms with Crippen molar-refractivity contribution >= 4 is 29.2 Å². The highest BCUT2D eigenvalue weighted by Crippen LogP contribution is 2.55. The highest BCUT2D eigenvalue weighted by molar-refractivity contribution is 6.33. The number of rotatable bonds is 3. The number of phenolic OH excluding ortho intramolecular Hbond substituents is 1. The second-order valence-corrected chi connectivity index (χ2v) is 7.45. The van der Waals surface area contributed by atoms with Gasteiger partial charge >= 0.3 is 5.97 Å². The van der Waals surface area contributed by atoms with Gasteiger partial charge in [0, 0.05) is 17.1 Å². The van der Waals surface area contributed by atoms with Gasteiger partial charge in [-0.15, -0.1) is 0 Å². The number of hydrogen-bond acceptors (Lipinski definition) is 9. The molecule has 1 aromatic carbocycles. The maximum absolute atomic E-state index is 12.9. The fourth-order valence-corrected chi connectivity index (χ4v) is 4.42. The van der Waals surface area contributed by atoms with Crippen LogP contribution in [-0.2, 0) is 29.5 Å². The number of carbonyl (C=O) groups excluding carboxylic acids is 5. The number of ketones is 3. The molecule has 1 amide bonds. The molecule has 1 fully saturated rings. The Morgan fingerprint density at radius 3 is 2.40 bits per heavy atom. The number of aromatic hydroxyl groups is 1. The molecule has 0 spiro atoms. The van der Waals surface area contributed by atoms with Gasteiger partial charge in [-0.25, -0.2) is 0 Å². The van der Waals surface area contributed by atoms with Crippen LogP contribution in [0.2, 0.25) is 0 Å². The van der Waals surface area contributed by atoms with Crippen molar-refractivity contribution < 1.29 is 44.0 Å². The van der Waals surface area contributed by atoms with Gasteiger partial charge < -0.3 is 25.8 Å². The first-order valence-electron chi connectivity index (χ1n) is 8.84. The lowest BCUT2D eigenvalue weighted by Gasteiger charge is -2.36.